The molecule has 0 saturated heterocycles. The molecular weight excluding hydrogens is 302 g/mol. The Morgan fingerprint density at radius 2 is 2.00 bits per heavy atom. The predicted octanol–water partition coefficient (Wildman–Crippen LogP) is 2.06. The van der Waals surface area contributed by atoms with E-state index in [1.165, 1.54) is 12.3 Å². The van der Waals surface area contributed by atoms with Crippen LogP contribution in [0.2, 0.25) is 5.02 Å². The number of H-pyrrole nitrogens is 1. The minimum Gasteiger partial charge on any atom is -0.350 e. The summed E-state index contributed by atoms with van der Waals surface area (Å²) in [6.07, 6.45) is 1.49. The third-order valence-electron chi connectivity index (χ3n) is 3.41. The standard InChI is InChI=1S/C16H18ClN3O2/c1-20(2)14(11-6-3-4-8-13(11)17)10-19-16(22)12-7-5-9-18-15(12)21/h3-9,14H,10H2,1-2H3,(H,18,21)(H,19,22)/t14-/m1/s1. The van der Waals surface area contributed by atoms with Crippen LogP contribution < -0.4 is 10.9 Å². The summed E-state index contributed by atoms with van der Waals surface area (Å²) in [5.74, 6) is -0.402. The first-order chi connectivity index (χ1) is 10.5. The molecule has 0 spiro atoms. The van der Waals surface area contributed by atoms with Crippen LogP contribution in [0.25, 0.3) is 0 Å². The molecule has 0 aliphatic carbocycles. The maximum Gasteiger partial charge on any atom is 0.260 e. The summed E-state index contributed by atoms with van der Waals surface area (Å²) in [5.41, 5.74) is 0.620. The van der Waals surface area contributed by atoms with Gasteiger partial charge < -0.3 is 15.2 Å². The number of benzene rings is 1. The molecular formula is C16H18ClN3O2. The van der Waals surface area contributed by atoms with Crippen molar-refractivity contribution < 1.29 is 4.79 Å². The van der Waals surface area contributed by atoms with Crippen molar-refractivity contribution >= 4 is 17.5 Å². The fraction of sp³-hybridized carbons (Fsp3) is 0.250. The largest absolute Gasteiger partial charge is 0.350 e. The van der Waals surface area contributed by atoms with Crippen molar-refractivity contribution in [3.8, 4) is 0 Å². The summed E-state index contributed by atoms with van der Waals surface area (Å²) in [7, 11) is 3.82. The van der Waals surface area contributed by atoms with E-state index in [0.29, 0.717) is 11.6 Å². The number of carbonyl (C=O) groups is 1. The lowest BCUT2D eigenvalue weighted by molar-refractivity contribution is 0.0940. The number of aromatic amines is 1. The fourth-order valence-electron chi connectivity index (χ4n) is 2.20. The minimum atomic E-state index is -0.404. The molecule has 22 heavy (non-hydrogen) atoms. The molecule has 0 saturated carbocycles. The second-order valence-electron chi connectivity index (χ2n) is 5.12. The number of hydrogen-bond acceptors (Lipinski definition) is 3. The van der Waals surface area contributed by atoms with Crippen LogP contribution in [-0.2, 0) is 0 Å². The average molecular weight is 320 g/mol. The summed E-state index contributed by atoms with van der Waals surface area (Å²) < 4.78 is 0. The van der Waals surface area contributed by atoms with Crippen LogP contribution in [0, 0.1) is 0 Å². The first-order valence-electron chi connectivity index (χ1n) is 6.87. The second kappa shape index (κ2) is 7.24. The molecule has 0 aliphatic rings. The van der Waals surface area contributed by atoms with Crippen LogP contribution in [-0.4, -0.2) is 36.4 Å². The van der Waals surface area contributed by atoms with E-state index in [1.807, 2.05) is 43.3 Å². The molecule has 0 aliphatic heterocycles. The Bertz CT molecular complexity index is 712. The number of aromatic nitrogens is 1. The predicted molar refractivity (Wildman–Crippen MR) is 87.3 cm³/mol. The van der Waals surface area contributed by atoms with Gasteiger partial charge in [0, 0.05) is 17.8 Å². The summed E-state index contributed by atoms with van der Waals surface area (Å²) in [5, 5.41) is 3.43. The zero-order valence-electron chi connectivity index (χ0n) is 12.5. The zero-order chi connectivity index (χ0) is 16.1. The molecule has 116 valence electrons. The number of rotatable bonds is 5. The van der Waals surface area contributed by atoms with Gasteiger partial charge in [0.2, 0.25) is 0 Å². The molecule has 0 bridgehead atoms. The molecule has 1 aromatic heterocycles. The van der Waals surface area contributed by atoms with E-state index in [0.717, 1.165) is 5.56 Å². The van der Waals surface area contributed by atoms with Gasteiger partial charge in [0.15, 0.2) is 0 Å². The van der Waals surface area contributed by atoms with E-state index in [9.17, 15) is 9.59 Å². The van der Waals surface area contributed by atoms with Gasteiger partial charge in [-0.15, -0.1) is 0 Å². The number of amides is 1. The third-order valence-corrected chi connectivity index (χ3v) is 3.75. The molecule has 0 radical (unpaired) electrons. The lowest BCUT2D eigenvalue weighted by Gasteiger charge is -2.25. The third kappa shape index (κ3) is 3.75. The number of carbonyl (C=O) groups excluding carboxylic acids is 1. The summed E-state index contributed by atoms with van der Waals surface area (Å²) >= 11 is 6.23. The maximum absolute atomic E-state index is 12.1. The van der Waals surface area contributed by atoms with E-state index in [1.54, 1.807) is 6.07 Å². The Morgan fingerprint density at radius 3 is 2.64 bits per heavy atom. The van der Waals surface area contributed by atoms with Crippen LogP contribution in [0.1, 0.15) is 22.0 Å². The quantitative estimate of drug-likeness (QED) is 0.886. The van der Waals surface area contributed by atoms with Crippen molar-refractivity contribution in [2.24, 2.45) is 0 Å². The molecule has 2 N–H and O–H groups in total. The van der Waals surface area contributed by atoms with E-state index in [-0.39, 0.29) is 11.6 Å². The van der Waals surface area contributed by atoms with Gasteiger partial charge in [0.25, 0.3) is 11.5 Å². The van der Waals surface area contributed by atoms with Gasteiger partial charge in [-0.1, -0.05) is 29.8 Å². The molecule has 1 heterocycles. The summed E-state index contributed by atoms with van der Waals surface area (Å²) in [6.45, 7) is 0.351. The second-order valence-corrected chi connectivity index (χ2v) is 5.53. The molecule has 6 heteroatoms. The van der Waals surface area contributed by atoms with Gasteiger partial charge in [-0.3, -0.25) is 9.59 Å². The lowest BCUT2D eigenvalue weighted by Crippen LogP contribution is -2.36. The number of hydrogen-bond donors (Lipinski definition) is 2. The maximum atomic E-state index is 12.1. The van der Waals surface area contributed by atoms with E-state index >= 15 is 0 Å². The number of nitrogens with zero attached hydrogens (tertiary/aromatic N) is 1. The summed E-state index contributed by atoms with van der Waals surface area (Å²) in [6, 6.07) is 10.5. The molecule has 2 rings (SSSR count). The highest BCUT2D eigenvalue weighted by Crippen LogP contribution is 2.25. The first-order valence-corrected chi connectivity index (χ1v) is 7.25. The zero-order valence-corrected chi connectivity index (χ0v) is 13.2. The average Bonchev–Trinajstić information content (AvgIpc) is 2.49. The van der Waals surface area contributed by atoms with Crippen molar-refractivity contribution in [1.82, 2.24) is 15.2 Å². The molecule has 1 atom stereocenters. The molecule has 0 fully saturated rings. The number of likely N-dealkylation sites (N-methyl/N-ethyl adjacent to an activating group) is 1. The van der Waals surface area contributed by atoms with Gasteiger partial charge in [0.05, 0.1) is 6.04 Å². The van der Waals surface area contributed by atoms with Crippen LogP contribution in [0.3, 0.4) is 0 Å². The van der Waals surface area contributed by atoms with E-state index in [2.05, 4.69) is 10.3 Å². The number of halogens is 1. The number of pyridine rings is 1. The normalized spacial score (nSPS) is 12.2. The number of nitrogens with one attached hydrogen (secondary N) is 2. The Balaban J connectivity index is 2.14. The topological polar surface area (TPSA) is 65.2 Å². The lowest BCUT2D eigenvalue weighted by atomic mass is 10.1. The van der Waals surface area contributed by atoms with Gasteiger partial charge in [-0.2, -0.15) is 0 Å². The molecule has 0 unspecified atom stereocenters. The highest BCUT2D eigenvalue weighted by molar-refractivity contribution is 6.31. The van der Waals surface area contributed by atoms with Crippen molar-refractivity contribution in [3.63, 3.8) is 0 Å². The molecule has 2 aromatic rings. The Kier molecular flexibility index (Phi) is 5.35. The van der Waals surface area contributed by atoms with Crippen LogP contribution in [0.5, 0.6) is 0 Å². The molecule has 1 aromatic carbocycles. The minimum absolute atomic E-state index is 0.0829. The highest BCUT2D eigenvalue weighted by Gasteiger charge is 2.18. The van der Waals surface area contributed by atoms with Gasteiger partial charge in [0.1, 0.15) is 5.56 Å². The Morgan fingerprint density at radius 1 is 1.27 bits per heavy atom. The van der Waals surface area contributed by atoms with Gasteiger partial charge in [-0.05, 0) is 37.9 Å². The Labute approximate surface area is 133 Å². The Hall–Kier alpha value is -2.11. The highest BCUT2D eigenvalue weighted by atomic mass is 35.5. The van der Waals surface area contributed by atoms with Crippen molar-refractivity contribution in [2.75, 3.05) is 20.6 Å². The first kappa shape index (κ1) is 16.3. The SMILES string of the molecule is CN(C)[C@H](CNC(=O)c1ccc[nH]c1=O)c1ccccc1Cl. The fourth-order valence-corrected chi connectivity index (χ4v) is 2.46. The van der Waals surface area contributed by atoms with Gasteiger partial charge in [-0.25, -0.2) is 0 Å². The van der Waals surface area contributed by atoms with E-state index in [4.69, 9.17) is 11.6 Å². The van der Waals surface area contributed by atoms with Crippen molar-refractivity contribution in [1.29, 1.82) is 0 Å². The van der Waals surface area contributed by atoms with E-state index < -0.39 is 11.5 Å². The van der Waals surface area contributed by atoms with Crippen molar-refractivity contribution in [2.45, 2.75) is 6.04 Å². The molecule has 1 amide bonds. The van der Waals surface area contributed by atoms with Gasteiger partial charge >= 0.3 is 0 Å². The van der Waals surface area contributed by atoms with Crippen LogP contribution >= 0.6 is 11.6 Å². The van der Waals surface area contributed by atoms with Crippen LogP contribution in [0.4, 0.5) is 0 Å². The molecule has 5 nitrogen and oxygen atoms in total. The van der Waals surface area contributed by atoms with Crippen molar-refractivity contribution in [3.05, 3.63) is 69.1 Å². The monoisotopic (exact) mass is 319 g/mol. The smallest absolute Gasteiger partial charge is 0.260 e. The summed E-state index contributed by atoms with van der Waals surface area (Å²) in [4.78, 5) is 28.2. The van der Waals surface area contributed by atoms with Crippen LogP contribution in [0.15, 0.2) is 47.4 Å².